The van der Waals surface area contributed by atoms with Crippen LogP contribution in [0.2, 0.25) is 5.02 Å². The fourth-order valence-corrected chi connectivity index (χ4v) is 2.37. The number of hydrogen-bond acceptors (Lipinski definition) is 2. The quantitative estimate of drug-likeness (QED) is 0.736. The van der Waals surface area contributed by atoms with Crippen LogP contribution < -0.4 is 10.1 Å². The summed E-state index contributed by atoms with van der Waals surface area (Å²) in [6, 6.07) is 12.1. The normalized spacial score (nSPS) is 10.7. The van der Waals surface area contributed by atoms with E-state index >= 15 is 0 Å². The van der Waals surface area contributed by atoms with E-state index in [2.05, 4.69) is 37.4 Å². The summed E-state index contributed by atoms with van der Waals surface area (Å²) in [5.74, 6) is 1.61. The molecule has 0 heterocycles. The largest absolute Gasteiger partial charge is 0.455 e. The summed E-state index contributed by atoms with van der Waals surface area (Å²) in [5.41, 5.74) is 3.36. The van der Waals surface area contributed by atoms with Crippen LogP contribution in [0.5, 0.6) is 11.5 Å². The van der Waals surface area contributed by atoms with E-state index in [0.29, 0.717) is 5.02 Å². The Morgan fingerprint density at radius 1 is 1.14 bits per heavy atom. The van der Waals surface area contributed by atoms with Crippen LogP contribution >= 0.6 is 11.6 Å². The summed E-state index contributed by atoms with van der Waals surface area (Å²) in [6.07, 6.45) is 1.10. The van der Waals surface area contributed by atoms with Crippen molar-refractivity contribution in [2.75, 3.05) is 6.54 Å². The number of benzene rings is 2. The van der Waals surface area contributed by atoms with Crippen LogP contribution in [0.4, 0.5) is 0 Å². The molecule has 112 valence electrons. The van der Waals surface area contributed by atoms with Gasteiger partial charge < -0.3 is 10.1 Å². The van der Waals surface area contributed by atoms with E-state index in [9.17, 15) is 0 Å². The van der Waals surface area contributed by atoms with Crippen LogP contribution in [0.3, 0.4) is 0 Å². The van der Waals surface area contributed by atoms with E-state index in [0.717, 1.165) is 42.1 Å². The van der Waals surface area contributed by atoms with E-state index in [1.54, 1.807) is 0 Å². The SMILES string of the molecule is CCCNCc1cccc(Cl)c1Oc1cc(C)ccc1C. The molecule has 0 bridgehead atoms. The predicted molar refractivity (Wildman–Crippen MR) is 89.4 cm³/mol. The molecule has 2 aromatic carbocycles. The summed E-state index contributed by atoms with van der Waals surface area (Å²) in [4.78, 5) is 0. The Hall–Kier alpha value is -1.51. The van der Waals surface area contributed by atoms with Crippen molar-refractivity contribution in [2.24, 2.45) is 0 Å². The maximum Gasteiger partial charge on any atom is 0.150 e. The molecular formula is C18H22ClNO. The molecule has 0 radical (unpaired) electrons. The number of rotatable bonds is 6. The van der Waals surface area contributed by atoms with Gasteiger partial charge in [0, 0.05) is 12.1 Å². The van der Waals surface area contributed by atoms with Gasteiger partial charge in [-0.25, -0.2) is 0 Å². The van der Waals surface area contributed by atoms with Crippen LogP contribution in [-0.4, -0.2) is 6.54 Å². The van der Waals surface area contributed by atoms with Gasteiger partial charge in [-0.3, -0.25) is 0 Å². The Bertz CT molecular complexity index is 610. The van der Waals surface area contributed by atoms with Gasteiger partial charge in [-0.2, -0.15) is 0 Å². The third-order valence-corrected chi connectivity index (χ3v) is 3.64. The lowest BCUT2D eigenvalue weighted by atomic mass is 10.1. The molecule has 2 rings (SSSR count). The summed E-state index contributed by atoms with van der Waals surface area (Å²) < 4.78 is 6.11. The van der Waals surface area contributed by atoms with Crippen molar-refractivity contribution in [3.05, 3.63) is 58.1 Å². The Kier molecular flexibility index (Phi) is 5.66. The van der Waals surface area contributed by atoms with Crippen molar-refractivity contribution in [2.45, 2.75) is 33.7 Å². The molecule has 0 amide bonds. The molecule has 0 aliphatic carbocycles. The first-order valence-corrected chi connectivity index (χ1v) is 7.73. The lowest BCUT2D eigenvalue weighted by Gasteiger charge is -2.15. The van der Waals surface area contributed by atoms with Crippen molar-refractivity contribution < 1.29 is 4.74 Å². The highest BCUT2D eigenvalue weighted by Crippen LogP contribution is 2.34. The van der Waals surface area contributed by atoms with Crippen LogP contribution in [0.15, 0.2) is 36.4 Å². The number of para-hydroxylation sites is 1. The molecule has 2 aromatic rings. The third kappa shape index (κ3) is 4.23. The van der Waals surface area contributed by atoms with Crippen LogP contribution in [-0.2, 0) is 6.54 Å². The van der Waals surface area contributed by atoms with Gasteiger partial charge in [-0.15, -0.1) is 0 Å². The molecule has 0 saturated heterocycles. The monoisotopic (exact) mass is 303 g/mol. The number of aryl methyl sites for hydroxylation is 2. The Morgan fingerprint density at radius 2 is 1.95 bits per heavy atom. The average Bonchev–Trinajstić information content (AvgIpc) is 2.46. The first-order chi connectivity index (χ1) is 10.1. The second-order valence-corrected chi connectivity index (χ2v) is 5.68. The minimum absolute atomic E-state index is 0.645. The summed E-state index contributed by atoms with van der Waals surface area (Å²) >= 11 is 6.33. The molecule has 0 spiro atoms. The Balaban J connectivity index is 2.27. The fourth-order valence-electron chi connectivity index (χ4n) is 2.13. The molecule has 0 saturated carbocycles. The molecule has 0 atom stereocenters. The van der Waals surface area contributed by atoms with Gasteiger partial charge in [0.25, 0.3) is 0 Å². The van der Waals surface area contributed by atoms with E-state index in [-0.39, 0.29) is 0 Å². The van der Waals surface area contributed by atoms with E-state index < -0.39 is 0 Å². The maximum absolute atomic E-state index is 6.33. The average molecular weight is 304 g/mol. The van der Waals surface area contributed by atoms with Crippen LogP contribution in [0, 0.1) is 13.8 Å². The van der Waals surface area contributed by atoms with Crippen molar-refractivity contribution in [3.63, 3.8) is 0 Å². The zero-order valence-corrected chi connectivity index (χ0v) is 13.6. The van der Waals surface area contributed by atoms with Gasteiger partial charge in [0.1, 0.15) is 5.75 Å². The van der Waals surface area contributed by atoms with E-state index in [4.69, 9.17) is 16.3 Å². The van der Waals surface area contributed by atoms with Crippen molar-refractivity contribution in [1.82, 2.24) is 5.32 Å². The van der Waals surface area contributed by atoms with Crippen LogP contribution in [0.1, 0.15) is 30.0 Å². The molecule has 2 nitrogen and oxygen atoms in total. The lowest BCUT2D eigenvalue weighted by molar-refractivity contribution is 0.469. The minimum atomic E-state index is 0.645. The second-order valence-electron chi connectivity index (χ2n) is 5.28. The third-order valence-electron chi connectivity index (χ3n) is 3.35. The van der Waals surface area contributed by atoms with Gasteiger partial charge >= 0.3 is 0 Å². The minimum Gasteiger partial charge on any atom is -0.455 e. The summed E-state index contributed by atoms with van der Waals surface area (Å²) in [5, 5.41) is 4.04. The summed E-state index contributed by atoms with van der Waals surface area (Å²) in [7, 11) is 0. The zero-order chi connectivity index (χ0) is 15.2. The van der Waals surface area contributed by atoms with Gasteiger partial charge in [0.2, 0.25) is 0 Å². The van der Waals surface area contributed by atoms with E-state index in [1.165, 1.54) is 5.56 Å². The number of nitrogens with one attached hydrogen (secondary N) is 1. The predicted octanol–water partition coefficient (Wildman–Crippen LogP) is 5.25. The van der Waals surface area contributed by atoms with Crippen molar-refractivity contribution in [1.29, 1.82) is 0 Å². The molecule has 3 heteroatoms. The fraction of sp³-hybridized carbons (Fsp3) is 0.333. The molecule has 21 heavy (non-hydrogen) atoms. The zero-order valence-electron chi connectivity index (χ0n) is 12.9. The van der Waals surface area contributed by atoms with E-state index in [1.807, 2.05) is 25.1 Å². The highest BCUT2D eigenvalue weighted by Gasteiger charge is 2.11. The molecule has 1 N–H and O–H groups in total. The molecular weight excluding hydrogens is 282 g/mol. The Morgan fingerprint density at radius 3 is 2.71 bits per heavy atom. The summed E-state index contributed by atoms with van der Waals surface area (Å²) in [6.45, 7) is 7.99. The van der Waals surface area contributed by atoms with Crippen molar-refractivity contribution in [3.8, 4) is 11.5 Å². The molecule has 0 aliphatic heterocycles. The first kappa shape index (κ1) is 15.9. The molecule has 0 aliphatic rings. The number of halogens is 1. The Labute approximate surface area is 132 Å². The van der Waals surface area contributed by atoms with Gasteiger partial charge in [0.05, 0.1) is 5.02 Å². The highest BCUT2D eigenvalue weighted by atomic mass is 35.5. The van der Waals surface area contributed by atoms with Gasteiger partial charge in [-0.05, 0) is 50.1 Å². The highest BCUT2D eigenvalue weighted by molar-refractivity contribution is 6.32. The van der Waals surface area contributed by atoms with Crippen molar-refractivity contribution >= 4 is 11.6 Å². The van der Waals surface area contributed by atoms with Gasteiger partial charge in [-0.1, -0.05) is 42.8 Å². The molecule has 0 unspecified atom stereocenters. The molecule has 0 fully saturated rings. The smallest absolute Gasteiger partial charge is 0.150 e. The first-order valence-electron chi connectivity index (χ1n) is 7.35. The standard InChI is InChI=1S/C18H22ClNO/c1-4-10-20-12-15-6-5-7-16(19)18(15)21-17-11-13(2)8-9-14(17)3/h5-9,11,20H,4,10,12H2,1-3H3. The maximum atomic E-state index is 6.33. The van der Waals surface area contributed by atoms with Crippen LogP contribution in [0.25, 0.3) is 0 Å². The number of hydrogen-bond donors (Lipinski definition) is 1. The van der Waals surface area contributed by atoms with Gasteiger partial charge in [0.15, 0.2) is 5.75 Å². The molecule has 0 aromatic heterocycles. The topological polar surface area (TPSA) is 21.3 Å². The lowest BCUT2D eigenvalue weighted by Crippen LogP contribution is -2.14. The second kappa shape index (κ2) is 7.48. The number of ether oxygens (including phenoxy) is 1.